The smallest absolute Gasteiger partial charge is 0.00642 e. The number of unbranched alkanes of at least 4 members (excludes halogenated alkanes) is 3. The number of nitrogens with one attached hydrogen (secondary N) is 1. The first-order valence-corrected chi connectivity index (χ1v) is 5.95. The summed E-state index contributed by atoms with van der Waals surface area (Å²) in [6, 6.07) is 0.687. The van der Waals surface area contributed by atoms with Gasteiger partial charge in [-0.1, -0.05) is 46.5 Å². The molecule has 2 atom stereocenters. The van der Waals surface area contributed by atoms with Crippen LogP contribution in [0.2, 0.25) is 0 Å². The maximum Gasteiger partial charge on any atom is 0.00642 e. The predicted molar refractivity (Wildman–Crippen MR) is 61.1 cm³/mol. The van der Waals surface area contributed by atoms with Crippen molar-refractivity contribution in [2.75, 3.05) is 6.54 Å². The molecule has 0 saturated heterocycles. The van der Waals surface area contributed by atoms with Crippen molar-refractivity contribution in [1.29, 1.82) is 0 Å². The van der Waals surface area contributed by atoms with Crippen molar-refractivity contribution in [3.05, 3.63) is 0 Å². The van der Waals surface area contributed by atoms with E-state index < -0.39 is 0 Å². The SMILES string of the molecule is CCCCCCNC(C)C(C)CC. The van der Waals surface area contributed by atoms with E-state index in [1.807, 2.05) is 0 Å². The topological polar surface area (TPSA) is 12.0 Å². The quantitative estimate of drug-likeness (QED) is 0.570. The third kappa shape index (κ3) is 7.06. The van der Waals surface area contributed by atoms with Crippen molar-refractivity contribution in [2.24, 2.45) is 5.92 Å². The van der Waals surface area contributed by atoms with Gasteiger partial charge in [-0.05, 0) is 25.8 Å². The van der Waals surface area contributed by atoms with E-state index in [1.165, 1.54) is 38.6 Å². The Bertz CT molecular complexity index is 101. The maximum absolute atomic E-state index is 3.59. The minimum absolute atomic E-state index is 0.687. The Morgan fingerprint density at radius 1 is 1.00 bits per heavy atom. The zero-order valence-electron chi connectivity index (χ0n) is 9.90. The van der Waals surface area contributed by atoms with Crippen LogP contribution in [0.5, 0.6) is 0 Å². The van der Waals surface area contributed by atoms with Crippen LogP contribution in [0.4, 0.5) is 0 Å². The van der Waals surface area contributed by atoms with Crippen LogP contribution >= 0.6 is 0 Å². The van der Waals surface area contributed by atoms with Crippen LogP contribution in [-0.4, -0.2) is 12.6 Å². The lowest BCUT2D eigenvalue weighted by molar-refractivity contribution is 0.386. The fourth-order valence-electron chi connectivity index (χ4n) is 1.44. The van der Waals surface area contributed by atoms with E-state index in [-0.39, 0.29) is 0 Å². The Morgan fingerprint density at radius 2 is 1.69 bits per heavy atom. The van der Waals surface area contributed by atoms with Gasteiger partial charge in [-0.2, -0.15) is 0 Å². The van der Waals surface area contributed by atoms with Gasteiger partial charge in [0.2, 0.25) is 0 Å². The van der Waals surface area contributed by atoms with Gasteiger partial charge >= 0.3 is 0 Å². The molecule has 0 aromatic rings. The van der Waals surface area contributed by atoms with Gasteiger partial charge in [0.15, 0.2) is 0 Å². The fourth-order valence-corrected chi connectivity index (χ4v) is 1.44. The second kappa shape index (κ2) is 8.55. The first kappa shape index (κ1) is 13.0. The van der Waals surface area contributed by atoms with Crippen LogP contribution in [0.3, 0.4) is 0 Å². The summed E-state index contributed by atoms with van der Waals surface area (Å²) >= 11 is 0. The van der Waals surface area contributed by atoms with Crippen LogP contribution in [-0.2, 0) is 0 Å². The first-order valence-electron chi connectivity index (χ1n) is 5.95. The third-order valence-corrected chi connectivity index (χ3v) is 2.99. The van der Waals surface area contributed by atoms with E-state index in [2.05, 4.69) is 33.0 Å². The fraction of sp³-hybridized carbons (Fsp3) is 1.00. The van der Waals surface area contributed by atoms with Crippen molar-refractivity contribution in [1.82, 2.24) is 5.32 Å². The van der Waals surface area contributed by atoms with Gasteiger partial charge in [-0.15, -0.1) is 0 Å². The van der Waals surface area contributed by atoms with Crippen molar-refractivity contribution in [3.63, 3.8) is 0 Å². The van der Waals surface area contributed by atoms with Gasteiger partial charge in [-0.3, -0.25) is 0 Å². The monoisotopic (exact) mass is 185 g/mol. The van der Waals surface area contributed by atoms with Crippen LogP contribution in [0.15, 0.2) is 0 Å². The maximum atomic E-state index is 3.59. The highest BCUT2D eigenvalue weighted by Gasteiger charge is 2.07. The lowest BCUT2D eigenvalue weighted by Gasteiger charge is -2.19. The molecule has 0 aromatic heterocycles. The Balaban J connectivity index is 3.21. The minimum atomic E-state index is 0.687. The third-order valence-electron chi connectivity index (χ3n) is 2.99. The first-order chi connectivity index (χ1) is 6.22. The number of rotatable bonds is 8. The molecular formula is C12H27N. The molecule has 0 aliphatic rings. The summed E-state index contributed by atoms with van der Waals surface area (Å²) in [5.41, 5.74) is 0. The molecule has 0 saturated carbocycles. The van der Waals surface area contributed by atoms with Crippen LogP contribution in [0.1, 0.15) is 59.8 Å². The van der Waals surface area contributed by atoms with E-state index in [4.69, 9.17) is 0 Å². The summed E-state index contributed by atoms with van der Waals surface area (Å²) in [5.74, 6) is 0.811. The molecule has 0 aliphatic carbocycles. The largest absolute Gasteiger partial charge is 0.314 e. The Kier molecular flexibility index (Phi) is 8.53. The van der Waals surface area contributed by atoms with Crippen molar-refractivity contribution in [3.8, 4) is 0 Å². The molecule has 0 bridgehead atoms. The van der Waals surface area contributed by atoms with Crippen LogP contribution in [0, 0.1) is 5.92 Å². The van der Waals surface area contributed by atoms with Gasteiger partial charge in [0, 0.05) is 6.04 Å². The molecule has 1 heteroatoms. The van der Waals surface area contributed by atoms with Gasteiger partial charge in [0.25, 0.3) is 0 Å². The molecule has 0 aromatic carbocycles. The highest BCUT2D eigenvalue weighted by atomic mass is 14.9. The van der Waals surface area contributed by atoms with Gasteiger partial charge in [-0.25, -0.2) is 0 Å². The molecule has 0 fully saturated rings. The van der Waals surface area contributed by atoms with E-state index in [0.717, 1.165) is 5.92 Å². The summed E-state index contributed by atoms with van der Waals surface area (Å²) in [6.45, 7) is 10.3. The van der Waals surface area contributed by atoms with Crippen molar-refractivity contribution < 1.29 is 0 Å². The average Bonchev–Trinajstić information content (AvgIpc) is 2.16. The van der Waals surface area contributed by atoms with E-state index in [0.29, 0.717) is 6.04 Å². The Labute approximate surface area is 84.3 Å². The number of hydrogen-bond acceptors (Lipinski definition) is 1. The van der Waals surface area contributed by atoms with E-state index in [9.17, 15) is 0 Å². The van der Waals surface area contributed by atoms with Crippen molar-refractivity contribution in [2.45, 2.75) is 65.8 Å². The molecule has 0 heterocycles. The predicted octanol–water partition coefficient (Wildman–Crippen LogP) is 3.59. The summed E-state index contributed by atoms with van der Waals surface area (Å²) in [4.78, 5) is 0. The molecule has 0 rings (SSSR count). The molecule has 13 heavy (non-hydrogen) atoms. The van der Waals surface area contributed by atoms with Crippen LogP contribution in [0.25, 0.3) is 0 Å². The van der Waals surface area contributed by atoms with Gasteiger partial charge in [0.1, 0.15) is 0 Å². The summed E-state index contributed by atoms with van der Waals surface area (Å²) in [5, 5.41) is 3.59. The van der Waals surface area contributed by atoms with Gasteiger partial charge < -0.3 is 5.32 Å². The molecule has 0 radical (unpaired) electrons. The highest BCUT2D eigenvalue weighted by molar-refractivity contribution is 4.66. The molecule has 0 amide bonds. The molecule has 2 unspecified atom stereocenters. The van der Waals surface area contributed by atoms with Gasteiger partial charge in [0.05, 0.1) is 0 Å². The normalized spacial score (nSPS) is 15.7. The summed E-state index contributed by atoms with van der Waals surface area (Å²) in [6.07, 6.45) is 6.73. The van der Waals surface area contributed by atoms with Crippen molar-refractivity contribution >= 4 is 0 Å². The summed E-state index contributed by atoms with van der Waals surface area (Å²) in [7, 11) is 0. The Morgan fingerprint density at radius 3 is 2.23 bits per heavy atom. The van der Waals surface area contributed by atoms with Crippen LogP contribution < -0.4 is 5.32 Å². The molecule has 1 N–H and O–H groups in total. The van der Waals surface area contributed by atoms with E-state index >= 15 is 0 Å². The Hall–Kier alpha value is -0.0400. The second-order valence-electron chi connectivity index (χ2n) is 4.19. The lowest BCUT2D eigenvalue weighted by atomic mass is 10.0. The number of hydrogen-bond donors (Lipinski definition) is 1. The zero-order chi connectivity index (χ0) is 10.1. The molecule has 0 aliphatic heterocycles. The minimum Gasteiger partial charge on any atom is -0.314 e. The molecule has 80 valence electrons. The average molecular weight is 185 g/mol. The lowest BCUT2D eigenvalue weighted by Crippen LogP contribution is -2.32. The summed E-state index contributed by atoms with van der Waals surface area (Å²) < 4.78 is 0. The zero-order valence-corrected chi connectivity index (χ0v) is 9.90. The molecule has 1 nitrogen and oxygen atoms in total. The molecular weight excluding hydrogens is 158 g/mol. The molecule has 0 spiro atoms. The second-order valence-corrected chi connectivity index (χ2v) is 4.19. The highest BCUT2D eigenvalue weighted by Crippen LogP contribution is 2.06. The van der Waals surface area contributed by atoms with E-state index in [1.54, 1.807) is 0 Å². The standard InChI is InChI=1S/C12H27N/c1-5-7-8-9-10-13-12(4)11(3)6-2/h11-13H,5-10H2,1-4H3.